The fraction of sp³-hybridized carbons (Fsp3) is 0.391. The number of hydrogen-bond donors (Lipinski definition) is 1. The maximum Gasteiger partial charge on any atom is 0.242 e. The van der Waals surface area contributed by atoms with Gasteiger partial charge in [-0.25, -0.2) is 0 Å². The molecular formula is C23H28Cl2N2O2S. The van der Waals surface area contributed by atoms with Crippen LogP contribution in [-0.2, 0) is 21.9 Å². The van der Waals surface area contributed by atoms with Crippen LogP contribution >= 0.6 is 35.0 Å². The molecule has 2 rings (SSSR count). The SMILES string of the molecule is CCCNC(=O)C(CC)N(Cc1ccc(Cl)cc1)C(=O)CSCc1cccc(Cl)c1. The van der Waals surface area contributed by atoms with E-state index in [1.54, 1.807) is 17.0 Å². The first-order chi connectivity index (χ1) is 14.4. The summed E-state index contributed by atoms with van der Waals surface area (Å²) in [5.74, 6) is 0.800. The third-order valence-corrected chi connectivity index (χ3v) is 6.06. The lowest BCUT2D eigenvalue weighted by molar-refractivity contribution is -0.139. The van der Waals surface area contributed by atoms with Crippen molar-refractivity contribution in [3.05, 3.63) is 69.7 Å². The van der Waals surface area contributed by atoms with Crippen LogP contribution in [0.3, 0.4) is 0 Å². The van der Waals surface area contributed by atoms with E-state index in [9.17, 15) is 9.59 Å². The van der Waals surface area contributed by atoms with Gasteiger partial charge >= 0.3 is 0 Å². The van der Waals surface area contributed by atoms with Crippen LogP contribution in [0.5, 0.6) is 0 Å². The second-order valence-corrected chi connectivity index (χ2v) is 8.84. The second-order valence-electron chi connectivity index (χ2n) is 6.99. The minimum Gasteiger partial charge on any atom is -0.354 e. The molecule has 2 aromatic carbocycles. The van der Waals surface area contributed by atoms with Gasteiger partial charge in [0.15, 0.2) is 0 Å². The first-order valence-corrected chi connectivity index (χ1v) is 12.0. The van der Waals surface area contributed by atoms with Gasteiger partial charge in [-0.3, -0.25) is 9.59 Å². The summed E-state index contributed by atoms with van der Waals surface area (Å²) >= 11 is 13.5. The number of carbonyl (C=O) groups is 2. The predicted octanol–water partition coefficient (Wildman–Crippen LogP) is 5.56. The van der Waals surface area contributed by atoms with Crippen molar-refractivity contribution in [2.45, 2.75) is 45.0 Å². The lowest BCUT2D eigenvalue weighted by Gasteiger charge is -2.30. The smallest absolute Gasteiger partial charge is 0.242 e. The van der Waals surface area contributed by atoms with Crippen molar-refractivity contribution in [1.82, 2.24) is 10.2 Å². The van der Waals surface area contributed by atoms with E-state index in [4.69, 9.17) is 23.2 Å². The summed E-state index contributed by atoms with van der Waals surface area (Å²) in [5.41, 5.74) is 2.01. The Morgan fingerprint density at radius 2 is 1.77 bits per heavy atom. The molecule has 0 heterocycles. The molecule has 0 bridgehead atoms. The topological polar surface area (TPSA) is 49.4 Å². The summed E-state index contributed by atoms with van der Waals surface area (Å²) < 4.78 is 0. The molecule has 2 aromatic rings. The minimum absolute atomic E-state index is 0.0597. The second kappa shape index (κ2) is 12.9. The molecule has 0 aliphatic heterocycles. The molecule has 1 unspecified atom stereocenters. The van der Waals surface area contributed by atoms with Gasteiger partial charge in [0.2, 0.25) is 11.8 Å². The number of carbonyl (C=O) groups excluding carboxylic acids is 2. The molecule has 162 valence electrons. The molecule has 0 aliphatic carbocycles. The summed E-state index contributed by atoms with van der Waals surface area (Å²) in [6.45, 7) is 4.90. The zero-order chi connectivity index (χ0) is 21.9. The minimum atomic E-state index is -0.508. The van der Waals surface area contributed by atoms with Crippen LogP contribution in [0.1, 0.15) is 37.8 Å². The Hall–Kier alpha value is -1.69. The van der Waals surface area contributed by atoms with E-state index in [2.05, 4.69) is 5.32 Å². The Balaban J connectivity index is 2.10. The molecular weight excluding hydrogens is 439 g/mol. The Morgan fingerprint density at radius 3 is 2.40 bits per heavy atom. The molecule has 0 radical (unpaired) electrons. The summed E-state index contributed by atoms with van der Waals surface area (Å²) in [4.78, 5) is 27.5. The zero-order valence-corrected chi connectivity index (χ0v) is 19.7. The Labute approximate surface area is 193 Å². The van der Waals surface area contributed by atoms with Gasteiger partial charge < -0.3 is 10.2 Å². The van der Waals surface area contributed by atoms with Crippen LogP contribution in [-0.4, -0.2) is 35.1 Å². The van der Waals surface area contributed by atoms with Gasteiger partial charge in [0, 0.05) is 28.9 Å². The quantitative estimate of drug-likeness (QED) is 0.471. The van der Waals surface area contributed by atoms with Crippen molar-refractivity contribution >= 4 is 46.8 Å². The van der Waals surface area contributed by atoms with E-state index in [0.29, 0.717) is 35.3 Å². The zero-order valence-electron chi connectivity index (χ0n) is 17.4. The maximum atomic E-state index is 13.1. The maximum absolute atomic E-state index is 13.1. The lowest BCUT2D eigenvalue weighted by atomic mass is 10.1. The monoisotopic (exact) mass is 466 g/mol. The lowest BCUT2D eigenvalue weighted by Crippen LogP contribution is -2.49. The van der Waals surface area contributed by atoms with Crippen molar-refractivity contribution in [1.29, 1.82) is 0 Å². The third kappa shape index (κ3) is 7.86. The molecule has 2 amide bonds. The highest BCUT2D eigenvalue weighted by molar-refractivity contribution is 7.99. The van der Waals surface area contributed by atoms with Crippen LogP contribution in [0.15, 0.2) is 48.5 Å². The number of thioether (sulfide) groups is 1. The van der Waals surface area contributed by atoms with Gasteiger partial charge in [-0.15, -0.1) is 11.8 Å². The van der Waals surface area contributed by atoms with Crippen molar-refractivity contribution < 1.29 is 9.59 Å². The van der Waals surface area contributed by atoms with Crippen LogP contribution in [0, 0.1) is 0 Å². The summed E-state index contributed by atoms with van der Waals surface area (Å²) in [6, 6.07) is 14.5. The van der Waals surface area contributed by atoms with Gasteiger partial charge in [-0.05, 0) is 48.2 Å². The summed E-state index contributed by atoms with van der Waals surface area (Å²) in [5, 5.41) is 4.25. The van der Waals surface area contributed by atoms with Gasteiger partial charge in [0.05, 0.1) is 5.75 Å². The molecule has 4 nitrogen and oxygen atoms in total. The third-order valence-electron chi connectivity index (χ3n) is 4.58. The molecule has 0 spiro atoms. The van der Waals surface area contributed by atoms with E-state index >= 15 is 0 Å². The highest BCUT2D eigenvalue weighted by Gasteiger charge is 2.28. The number of halogens is 2. The largest absolute Gasteiger partial charge is 0.354 e. The Morgan fingerprint density at radius 1 is 1.03 bits per heavy atom. The fourth-order valence-electron chi connectivity index (χ4n) is 3.04. The molecule has 1 N–H and O–H groups in total. The van der Waals surface area contributed by atoms with E-state index in [1.165, 1.54) is 11.8 Å². The predicted molar refractivity (Wildman–Crippen MR) is 127 cm³/mol. The molecule has 1 atom stereocenters. The van der Waals surface area contributed by atoms with Crippen LogP contribution in [0.25, 0.3) is 0 Å². The number of amides is 2. The average molecular weight is 467 g/mol. The molecule has 0 aliphatic rings. The molecule has 0 aromatic heterocycles. The van der Waals surface area contributed by atoms with Gasteiger partial charge in [0.1, 0.15) is 6.04 Å². The number of rotatable bonds is 11. The molecule has 0 saturated heterocycles. The van der Waals surface area contributed by atoms with Crippen LogP contribution in [0.2, 0.25) is 10.0 Å². The molecule has 7 heteroatoms. The van der Waals surface area contributed by atoms with Crippen molar-refractivity contribution in [2.75, 3.05) is 12.3 Å². The van der Waals surface area contributed by atoms with Crippen molar-refractivity contribution in [2.24, 2.45) is 0 Å². The number of hydrogen-bond acceptors (Lipinski definition) is 3. The van der Waals surface area contributed by atoms with Crippen LogP contribution in [0.4, 0.5) is 0 Å². The number of benzene rings is 2. The normalized spacial score (nSPS) is 11.7. The highest BCUT2D eigenvalue weighted by Crippen LogP contribution is 2.20. The van der Waals surface area contributed by atoms with Crippen molar-refractivity contribution in [3.63, 3.8) is 0 Å². The van der Waals surface area contributed by atoms with Gasteiger partial charge in [0.25, 0.3) is 0 Å². The first-order valence-electron chi connectivity index (χ1n) is 10.1. The van der Waals surface area contributed by atoms with Gasteiger partial charge in [-0.2, -0.15) is 0 Å². The van der Waals surface area contributed by atoms with Gasteiger partial charge in [-0.1, -0.05) is 61.3 Å². The van der Waals surface area contributed by atoms with E-state index < -0.39 is 6.04 Å². The fourth-order valence-corrected chi connectivity index (χ4v) is 4.23. The summed E-state index contributed by atoms with van der Waals surface area (Å²) in [7, 11) is 0. The number of nitrogens with one attached hydrogen (secondary N) is 1. The first kappa shape index (κ1) is 24.6. The Bertz CT molecular complexity index is 830. The Kier molecular flexibility index (Phi) is 10.6. The van der Waals surface area contributed by atoms with Crippen LogP contribution < -0.4 is 5.32 Å². The van der Waals surface area contributed by atoms with E-state index in [0.717, 1.165) is 17.5 Å². The molecule has 30 heavy (non-hydrogen) atoms. The van der Waals surface area contributed by atoms with E-state index in [1.807, 2.05) is 50.2 Å². The number of nitrogens with zero attached hydrogens (tertiary/aromatic N) is 1. The summed E-state index contributed by atoms with van der Waals surface area (Å²) in [6.07, 6.45) is 1.40. The average Bonchev–Trinajstić information content (AvgIpc) is 2.73. The van der Waals surface area contributed by atoms with E-state index in [-0.39, 0.29) is 17.6 Å². The highest BCUT2D eigenvalue weighted by atomic mass is 35.5. The molecule has 0 saturated carbocycles. The van der Waals surface area contributed by atoms with Crippen molar-refractivity contribution in [3.8, 4) is 0 Å². The standard InChI is InChI=1S/C23H28Cl2N2O2S/c1-3-12-26-23(29)21(4-2)27(14-17-8-10-19(24)11-9-17)22(28)16-30-15-18-6-5-7-20(25)13-18/h5-11,13,21H,3-4,12,14-16H2,1-2H3,(H,26,29). The molecule has 0 fully saturated rings.